The van der Waals surface area contributed by atoms with E-state index in [1.807, 2.05) is 6.92 Å². The van der Waals surface area contributed by atoms with Gasteiger partial charge in [0.1, 0.15) is 12.4 Å². The standard InChI is InChI=1S/C13H15NO4S/c1-10-5-6-12(11(8-10)4-3-7-15)14-13(16)9-19(2,17)18/h5-6,8,15H,7,9H2,1-2H3,(H,14,16). The first-order valence-electron chi connectivity index (χ1n) is 5.50. The molecule has 1 rings (SSSR count). The van der Waals surface area contributed by atoms with E-state index in [4.69, 9.17) is 5.11 Å². The molecule has 0 unspecified atom stereocenters. The number of carbonyl (C=O) groups excluding carboxylic acids is 1. The number of hydrogen-bond acceptors (Lipinski definition) is 4. The van der Waals surface area contributed by atoms with Gasteiger partial charge in [0.2, 0.25) is 5.91 Å². The number of rotatable bonds is 3. The maximum atomic E-state index is 11.6. The molecule has 102 valence electrons. The van der Waals surface area contributed by atoms with E-state index < -0.39 is 21.5 Å². The van der Waals surface area contributed by atoms with Gasteiger partial charge in [-0.3, -0.25) is 4.79 Å². The Balaban J connectivity index is 2.97. The summed E-state index contributed by atoms with van der Waals surface area (Å²) in [6, 6.07) is 5.18. The molecule has 0 saturated heterocycles. The van der Waals surface area contributed by atoms with Crippen LogP contribution in [0.25, 0.3) is 0 Å². The summed E-state index contributed by atoms with van der Waals surface area (Å²) in [4.78, 5) is 11.6. The van der Waals surface area contributed by atoms with Gasteiger partial charge in [0.15, 0.2) is 9.84 Å². The molecule has 1 amide bonds. The first kappa shape index (κ1) is 15.2. The molecule has 0 atom stereocenters. The third-order valence-corrected chi connectivity index (χ3v) is 2.93. The van der Waals surface area contributed by atoms with Gasteiger partial charge in [-0.15, -0.1) is 0 Å². The number of benzene rings is 1. The summed E-state index contributed by atoms with van der Waals surface area (Å²) >= 11 is 0. The predicted molar refractivity (Wildman–Crippen MR) is 73.5 cm³/mol. The van der Waals surface area contributed by atoms with Crippen LogP contribution >= 0.6 is 0 Å². The minimum Gasteiger partial charge on any atom is -0.384 e. The summed E-state index contributed by atoms with van der Waals surface area (Å²) in [5, 5.41) is 11.2. The average Bonchev–Trinajstić information content (AvgIpc) is 2.27. The van der Waals surface area contributed by atoms with Crippen molar-refractivity contribution in [2.75, 3.05) is 23.9 Å². The van der Waals surface area contributed by atoms with Gasteiger partial charge in [0.25, 0.3) is 0 Å². The molecule has 0 spiro atoms. The fraction of sp³-hybridized carbons (Fsp3) is 0.308. The van der Waals surface area contributed by atoms with E-state index >= 15 is 0 Å². The largest absolute Gasteiger partial charge is 0.384 e. The number of aliphatic hydroxyl groups is 1. The first-order chi connectivity index (χ1) is 8.81. The number of amides is 1. The van der Waals surface area contributed by atoms with Gasteiger partial charge < -0.3 is 10.4 Å². The molecule has 2 N–H and O–H groups in total. The Morgan fingerprint density at radius 2 is 2.11 bits per heavy atom. The minimum absolute atomic E-state index is 0.287. The maximum Gasteiger partial charge on any atom is 0.239 e. The van der Waals surface area contributed by atoms with Crippen molar-refractivity contribution in [3.05, 3.63) is 29.3 Å². The molecule has 0 saturated carbocycles. The lowest BCUT2D eigenvalue weighted by molar-refractivity contribution is -0.113. The molecule has 5 nitrogen and oxygen atoms in total. The lowest BCUT2D eigenvalue weighted by atomic mass is 10.1. The Hall–Kier alpha value is -1.84. The monoisotopic (exact) mass is 281 g/mol. The zero-order chi connectivity index (χ0) is 14.5. The summed E-state index contributed by atoms with van der Waals surface area (Å²) in [6.07, 6.45) is 0.994. The van der Waals surface area contributed by atoms with Gasteiger partial charge in [-0.1, -0.05) is 17.9 Å². The number of nitrogens with one attached hydrogen (secondary N) is 1. The zero-order valence-electron chi connectivity index (χ0n) is 10.7. The maximum absolute atomic E-state index is 11.6. The fourth-order valence-corrected chi connectivity index (χ4v) is 1.98. The Morgan fingerprint density at radius 3 is 2.68 bits per heavy atom. The minimum atomic E-state index is -3.37. The molecule has 0 aliphatic rings. The quantitative estimate of drug-likeness (QED) is 0.782. The normalized spacial score (nSPS) is 10.5. The molecule has 0 bridgehead atoms. The van der Waals surface area contributed by atoms with Crippen molar-refractivity contribution in [2.45, 2.75) is 6.92 Å². The molecule has 0 aliphatic heterocycles. The van der Waals surface area contributed by atoms with Gasteiger partial charge >= 0.3 is 0 Å². The molecule has 0 aliphatic carbocycles. The van der Waals surface area contributed by atoms with Crippen molar-refractivity contribution in [2.24, 2.45) is 0 Å². The zero-order valence-corrected chi connectivity index (χ0v) is 11.5. The van der Waals surface area contributed by atoms with Crippen molar-refractivity contribution in [3.8, 4) is 11.8 Å². The van der Waals surface area contributed by atoms with Crippen LogP contribution in [0.5, 0.6) is 0 Å². The van der Waals surface area contributed by atoms with E-state index in [0.717, 1.165) is 11.8 Å². The van der Waals surface area contributed by atoms with Gasteiger partial charge in [-0.05, 0) is 24.6 Å². The number of hydrogen-bond donors (Lipinski definition) is 2. The van der Waals surface area contributed by atoms with Crippen LogP contribution in [-0.2, 0) is 14.6 Å². The highest BCUT2D eigenvalue weighted by Gasteiger charge is 2.12. The molecule has 1 aromatic carbocycles. The van der Waals surface area contributed by atoms with Crippen LogP contribution < -0.4 is 5.32 Å². The average molecular weight is 281 g/mol. The van der Waals surface area contributed by atoms with E-state index in [-0.39, 0.29) is 6.61 Å². The lowest BCUT2D eigenvalue weighted by Crippen LogP contribution is -2.22. The topological polar surface area (TPSA) is 83.5 Å². The van der Waals surface area contributed by atoms with Crippen LogP contribution in [0, 0.1) is 18.8 Å². The van der Waals surface area contributed by atoms with Gasteiger partial charge in [-0.25, -0.2) is 8.42 Å². The number of sulfone groups is 1. The van der Waals surface area contributed by atoms with Crippen LogP contribution in [-0.4, -0.2) is 38.0 Å². The number of anilines is 1. The second kappa shape index (κ2) is 6.36. The second-order valence-electron chi connectivity index (χ2n) is 4.13. The molecule has 0 heterocycles. The molecule has 0 aromatic heterocycles. The van der Waals surface area contributed by atoms with Crippen LogP contribution in [0.1, 0.15) is 11.1 Å². The van der Waals surface area contributed by atoms with E-state index in [2.05, 4.69) is 17.2 Å². The fourth-order valence-electron chi connectivity index (χ4n) is 1.43. The number of aryl methyl sites for hydroxylation is 1. The van der Waals surface area contributed by atoms with E-state index in [0.29, 0.717) is 11.3 Å². The van der Waals surface area contributed by atoms with Crippen LogP contribution in [0.3, 0.4) is 0 Å². The number of aliphatic hydroxyl groups excluding tert-OH is 1. The van der Waals surface area contributed by atoms with Crippen LogP contribution in [0.2, 0.25) is 0 Å². The molecule has 6 heteroatoms. The lowest BCUT2D eigenvalue weighted by Gasteiger charge is -2.07. The summed E-state index contributed by atoms with van der Waals surface area (Å²) in [5.74, 6) is 4.01. The summed E-state index contributed by atoms with van der Waals surface area (Å²) < 4.78 is 22.0. The predicted octanol–water partition coefficient (Wildman–Crippen LogP) is 0.322. The van der Waals surface area contributed by atoms with Crippen molar-refractivity contribution in [1.29, 1.82) is 0 Å². The van der Waals surface area contributed by atoms with Crippen molar-refractivity contribution in [1.82, 2.24) is 0 Å². The highest BCUT2D eigenvalue weighted by molar-refractivity contribution is 7.91. The highest BCUT2D eigenvalue weighted by Crippen LogP contribution is 2.16. The van der Waals surface area contributed by atoms with Crippen LogP contribution in [0.15, 0.2) is 18.2 Å². The molecular formula is C13H15NO4S. The smallest absolute Gasteiger partial charge is 0.239 e. The van der Waals surface area contributed by atoms with Gasteiger partial charge in [0.05, 0.1) is 5.69 Å². The first-order valence-corrected chi connectivity index (χ1v) is 7.56. The van der Waals surface area contributed by atoms with Crippen molar-refractivity contribution in [3.63, 3.8) is 0 Å². The summed E-state index contributed by atoms with van der Waals surface area (Å²) in [7, 11) is -3.37. The SMILES string of the molecule is Cc1ccc(NC(=O)CS(C)(=O)=O)c(C#CCO)c1. The van der Waals surface area contributed by atoms with Crippen molar-refractivity contribution >= 4 is 21.4 Å². The van der Waals surface area contributed by atoms with Crippen LogP contribution in [0.4, 0.5) is 5.69 Å². The third-order valence-electron chi connectivity index (χ3n) is 2.14. The summed E-state index contributed by atoms with van der Waals surface area (Å²) in [6.45, 7) is 1.58. The highest BCUT2D eigenvalue weighted by atomic mass is 32.2. The molecule has 0 radical (unpaired) electrons. The third kappa shape index (κ3) is 5.55. The molecule has 0 fully saturated rings. The van der Waals surface area contributed by atoms with E-state index in [9.17, 15) is 13.2 Å². The van der Waals surface area contributed by atoms with E-state index in [1.54, 1.807) is 18.2 Å². The Labute approximate surface area is 112 Å². The second-order valence-corrected chi connectivity index (χ2v) is 6.27. The Bertz CT molecular complexity index is 638. The Morgan fingerprint density at radius 1 is 1.42 bits per heavy atom. The van der Waals surface area contributed by atoms with Gasteiger partial charge in [0, 0.05) is 11.8 Å². The molecular weight excluding hydrogens is 266 g/mol. The van der Waals surface area contributed by atoms with E-state index in [1.165, 1.54) is 0 Å². The molecule has 1 aromatic rings. The van der Waals surface area contributed by atoms with Gasteiger partial charge in [-0.2, -0.15) is 0 Å². The number of carbonyl (C=O) groups is 1. The molecule has 19 heavy (non-hydrogen) atoms. The van der Waals surface area contributed by atoms with Crippen molar-refractivity contribution < 1.29 is 18.3 Å². The summed E-state index contributed by atoms with van der Waals surface area (Å²) in [5.41, 5.74) is 1.92. The Kier molecular flexibility index (Phi) is 5.10.